The Bertz CT molecular complexity index is 820. The molecule has 1 N–H and O–H groups in total. The number of methoxy groups -OCH3 is 1. The summed E-state index contributed by atoms with van der Waals surface area (Å²) in [4.78, 5) is 27.2. The molecule has 0 bridgehead atoms. The highest BCUT2D eigenvalue weighted by molar-refractivity contribution is 5.88. The first-order valence-corrected chi connectivity index (χ1v) is 10.3. The summed E-state index contributed by atoms with van der Waals surface area (Å²) < 4.78 is 10.8. The first-order valence-electron chi connectivity index (χ1n) is 10.3. The predicted molar refractivity (Wildman–Crippen MR) is 118 cm³/mol. The van der Waals surface area contributed by atoms with Crippen molar-refractivity contribution in [3.8, 4) is 11.5 Å². The Morgan fingerprint density at radius 2 is 1.73 bits per heavy atom. The largest absolute Gasteiger partial charge is 0.497 e. The molecule has 2 rings (SSSR count). The van der Waals surface area contributed by atoms with Crippen LogP contribution in [0, 0.1) is 6.92 Å². The average molecular weight is 413 g/mol. The van der Waals surface area contributed by atoms with E-state index in [4.69, 9.17) is 9.47 Å². The van der Waals surface area contributed by atoms with Crippen molar-refractivity contribution in [2.75, 3.05) is 20.3 Å². The van der Waals surface area contributed by atoms with Crippen molar-refractivity contribution in [2.24, 2.45) is 0 Å². The normalized spacial score (nSPS) is 11.5. The third-order valence-corrected chi connectivity index (χ3v) is 5.02. The predicted octanol–water partition coefficient (Wildman–Crippen LogP) is 3.72. The molecule has 0 aliphatic carbocycles. The fourth-order valence-electron chi connectivity index (χ4n) is 2.99. The van der Waals surface area contributed by atoms with E-state index in [1.165, 1.54) is 0 Å². The van der Waals surface area contributed by atoms with Gasteiger partial charge in [-0.25, -0.2) is 0 Å². The Labute approximate surface area is 179 Å². The lowest BCUT2D eigenvalue weighted by molar-refractivity contribution is -0.142. The van der Waals surface area contributed by atoms with Crippen molar-refractivity contribution in [3.05, 3.63) is 59.7 Å². The molecule has 2 aromatic carbocycles. The summed E-state index contributed by atoms with van der Waals surface area (Å²) in [6, 6.07) is 14.3. The van der Waals surface area contributed by atoms with Gasteiger partial charge >= 0.3 is 0 Å². The van der Waals surface area contributed by atoms with Gasteiger partial charge in [0.25, 0.3) is 5.91 Å². The zero-order chi connectivity index (χ0) is 21.9. The van der Waals surface area contributed by atoms with Crippen LogP contribution >= 0.6 is 0 Å². The average Bonchev–Trinajstić information content (AvgIpc) is 2.77. The summed E-state index contributed by atoms with van der Waals surface area (Å²) in [6.45, 7) is 6.63. The maximum atomic E-state index is 13.0. The second kappa shape index (κ2) is 11.9. The maximum absolute atomic E-state index is 13.0. The summed E-state index contributed by atoms with van der Waals surface area (Å²) in [6.07, 6.45) is 1.90. The second-order valence-electron chi connectivity index (χ2n) is 7.23. The number of carbonyl (C=O) groups is 2. The van der Waals surface area contributed by atoms with Gasteiger partial charge in [-0.1, -0.05) is 37.6 Å². The summed E-state index contributed by atoms with van der Waals surface area (Å²) in [5.41, 5.74) is 2.08. The summed E-state index contributed by atoms with van der Waals surface area (Å²) in [5, 5.41) is 2.92. The van der Waals surface area contributed by atoms with E-state index in [9.17, 15) is 9.59 Å². The molecule has 0 fully saturated rings. The standard InChI is InChI=1S/C24H32N2O4/c1-5-6-15-25-24(28)19(3)26(16-20-10-8-7-9-18(20)2)23(27)17-30-22-13-11-21(29-4)12-14-22/h7-14,19H,5-6,15-17H2,1-4H3,(H,25,28)/t19-/m0/s1. The van der Waals surface area contributed by atoms with E-state index in [2.05, 4.69) is 12.2 Å². The fraction of sp³-hybridized carbons (Fsp3) is 0.417. The lowest BCUT2D eigenvalue weighted by Crippen LogP contribution is -2.49. The van der Waals surface area contributed by atoms with Crippen LogP contribution in [0.15, 0.2) is 48.5 Å². The first-order chi connectivity index (χ1) is 14.5. The van der Waals surface area contributed by atoms with E-state index in [0.717, 1.165) is 24.0 Å². The lowest BCUT2D eigenvalue weighted by atomic mass is 10.1. The third kappa shape index (κ3) is 6.79. The Morgan fingerprint density at radius 3 is 2.37 bits per heavy atom. The van der Waals surface area contributed by atoms with Crippen LogP contribution in [0.4, 0.5) is 0 Å². The molecular weight excluding hydrogens is 380 g/mol. The van der Waals surface area contributed by atoms with Crippen LogP contribution in [-0.4, -0.2) is 43.0 Å². The van der Waals surface area contributed by atoms with Crippen molar-refractivity contribution in [1.82, 2.24) is 10.2 Å². The van der Waals surface area contributed by atoms with Crippen LogP contribution in [-0.2, 0) is 16.1 Å². The minimum atomic E-state index is -0.603. The van der Waals surface area contributed by atoms with Crippen molar-refractivity contribution in [2.45, 2.75) is 46.2 Å². The molecule has 2 aromatic rings. The molecule has 0 aromatic heterocycles. The van der Waals surface area contributed by atoms with E-state index in [-0.39, 0.29) is 18.4 Å². The number of aryl methyl sites for hydroxylation is 1. The minimum Gasteiger partial charge on any atom is -0.497 e. The molecule has 0 aliphatic heterocycles. The van der Waals surface area contributed by atoms with Gasteiger partial charge in [0, 0.05) is 13.1 Å². The van der Waals surface area contributed by atoms with E-state index >= 15 is 0 Å². The van der Waals surface area contributed by atoms with Gasteiger partial charge in [-0.15, -0.1) is 0 Å². The molecule has 1 atom stereocenters. The van der Waals surface area contributed by atoms with Gasteiger partial charge in [0.05, 0.1) is 7.11 Å². The topological polar surface area (TPSA) is 67.9 Å². The monoisotopic (exact) mass is 412 g/mol. The van der Waals surface area contributed by atoms with E-state index in [1.54, 1.807) is 43.2 Å². The van der Waals surface area contributed by atoms with Gasteiger partial charge < -0.3 is 19.7 Å². The minimum absolute atomic E-state index is 0.148. The molecule has 6 nitrogen and oxygen atoms in total. The SMILES string of the molecule is CCCCNC(=O)[C@H](C)N(Cc1ccccc1C)C(=O)COc1ccc(OC)cc1. The Hall–Kier alpha value is -3.02. The van der Waals surface area contributed by atoms with Gasteiger partial charge in [-0.05, 0) is 55.7 Å². The molecule has 6 heteroatoms. The number of rotatable bonds is 11. The quantitative estimate of drug-likeness (QED) is 0.571. The van der Waals surface area contributed by atoms with Crippen LogP contribution < -0.4 is 14.8 Å². The smallest absolute Gasteiger partial charge is 0.261 e. The van der Waals surface area contributed by atoms with Crippen molar-refractivity contribution in [1.29, 1.82) is 0 Å². The van der Waals surface area contributed by atoms with Crippen molar-refractivity contribution in [3.63, 3.8) is 0 Å². The van der Waals surface area contributed by atoms with Crippen LogP contribution in [0.2, 0.25) is 0 Å². The highest BCUT2D eigenvalue weighted by Gasteiger charge is 2.26. The number of benzene rings is 2. The summed E-state index contributed by atoms with van der Waals surface area (Å²) >= 11 is 0. The Kier molecular flexibility index (Phi) is 9.19. The zero-order valence-corrected chi connectivity index (χ0v) is 18.3. The maximum Gasteiger partial charge on any atom is 0.261 e. The molecule has 0 saturated heterocycles. The summed E-state index contributed by atoms with van der Waals surface area (Å²) in [7, 11) is 1.59. The van der Waals surface area contributed by atoms with Gasteiger partial charge in [0.1, 0.15) is 17.5 Å². The molecule has 162 valence electrons. The van der Waals surface area contributed by atoms with Gasteiger partial charge in [-0.3, -0.25) is 9.59 Å². The molecule has 0 saturated carbocycles. The molecule has 2 amide bonds. The molecule has 0 heterocycles. The van der Waals surface area contributed by atoms with Crippen LogP contribution in [0.3, 0.4) is 0 Å². The molecule has 30 heavy (non-hydrogen) atoms. The fourth-order valence-corrected chi connectivity index (χ4v) is 2.99. The van der Waals surface area contributed by atoms with E-state index < -0.39 is 6.04 Å². The van der Waals surface area contributed by atoms with Gasteiger partial charge in [0.15, 0.2) is 6.61 Å². The summed E-state index contributed by atoms with van der Waals surface area (Å²) in [5.74, 6) is 0.884. The zero-order valence-electron chi connectivity index (χ0n) is 18.3. The molecule has 0 radical (unpaired) electrons. The third-order valence-electron chi connectivity index (χ3n) is 5.02. The lowest BCUT2D eigenvalue weighted by Gasteiger charge is -2.29. The highest BCUT2D eigenvalue weighted by Crippen LogP contribution is 2.18. The number of carbonyl (C=O) groups excluding carboxylic acids is 2. The Balaban J connectivity index is 2.10. The van der Waals surface area contributed by atoms with Crippen molar-refractivity contribution >= 4 is 11.8 Å². The number of unbranched alkanes of at least 4 members (excludes halogenated alkanes) is 1. The number of hydrogen-bond donors (Lipinski definition) is 1. The van der Waals surface area contributed by atoms with Gasteiger partial charge in [0.2, 0.25) is 5.91 Å². The number of ether oxygens (including phenoxy) is 2. The molecular formula is C24H32N2O4. The van der Waals surface area contributed by atoms with Crippen molar-refractivity contribution < 1.29 is 19.1 Å². The molecule has 0 spiro atoms. The van der Waals surface area contributed by atoms with Gasteiger partial charge in [-0.2, -0.15) is 0 Å². The van der Waals surface area contributed by atoms with Crippen LogP contribution in [0.1, 0.15) is 37.8 Å². The van der Waals surface area contributed by atoms with E-state index in [1.807, 2.05) is 31.2 Å². The second-order valence-corrected chi connectivity index (χ2v) is 7.23. The number of hydrogen-bond acceptors (Lipinski definition) is 4. The number of nitrogens with zero attached hydrogens (tertiary/aromatic N) is 1. The van der Waals surface area contributed by atoms with Crippen LogP contribution in [0.25, 0.3) is 0 Å². The van der Waals surface area contributed by atoms with E-state index in [0.29, 0.717) is 24.6 Å². The first kappa shape index (κ1) is 23.3. The molecule has 0 unspecified atom stereocenters. The molecule has 0 aliphatic rings. The number of amides is 2. The highest BCUT2D eigenvalue weighted by atomic mass is 16.5. The number of nitrogens with one attached hydrogen (secondary N) is 1. The Morgan fingerprint density at radius 1 is 1.07 bits per heavy atom. The van der Waals surface area contributed by atoms with Crippen LogP contribution in [0.5, 0.6) is 11.5 Å².